The van der Waals surface area contributed by atoms with Gasteiger partial charge in [0.2, 0.25) is 15.9 Å². The van der Waals surface area contributed by atoms with Crippen molar-refractivity contribution in [1.29, 1.82) is 0 Å². The minimum Gasteiger partial charge on any atom is -0.324 e. The van der Waals surface area contributed by atoms with E-state index in [0.29, 0.717) is 13.1 Å². The molecule has 3 rings (SSSR count). The summed E-state index contributed by atoms with van der Waals surface area (Å²) < 4.78 is 65.1. The smallest absolute Gasteiger partial charge is 0.324 e. The Bertz CT molecular complexity index is 1090. The molecule has 0 aliphatic carbocycles. The van der Waals surface area contributed by atoms with Crippen LogP contribution in [0.5, 0.6) is 0 Å². The molecule has 1 amide bonds. The monoisotopic (exact) mass is 483 g/mol. The highest BCUT2D eigenvalue weighted by atomic mass is 32.2. The number of alkyl halides is 3. The maximum Gasteiger partial charge on any atom is 0.416 e. The van der Waals surface area contributed by atoms with E-state index in [-0.39, 0.29) is 36.4 Å². The number of anilines is 1. The van der Waals surface area contributed by atoms with Crippen LogP contribution in [0.15, 0.2) is 47.4 Å². The fourth-order valence-corrected chi connectivity index (χ4v) is 5.24. The van der Waals surface area contributed by atoms with Gasteiger partial charge in [-0.2, -0.15) is 17.5 Å². The number of sulfonamides is 1. The lowest BCUT2D eigenvalue weighted by Gasteiger charge is -2.33. The van der Waals surface area contributed by atoms with E-state index in [4.69, 9.17) is 0 Å². The molecular weight excluding hydrogens is 455 g/mol. The summed E-state index contributed by atoms with van der Waals surface area (Å²) in [6.07, 6.45) is -4.53. The molecule has 1 aliphatic heterocycles. The second-order valence-corrected chi connectivity index (χ2v) is 10.4. The Morgan fingerprint density at radius 1 is 1.03 bits per heavy atom. The first kappa shape index (κ1) is 25.2. The van der Waals surface area contributed by atoms with Crippen LogP contribution in [-0.4, -0.2) is 56.3 Å². The molecule has 1 aliphatic rings. The Labute approximate surface area is 192 Å². The molecule has 0 bridgehead atoms. The normalized spacial score (nSPS) is 16.2. The van der Waals surface area contributed by atoms with Gasteiger partial charge in [0.1, 0.15) is 0 Å². The third-order valence-corrected chi connectivity index (χ3v) is 7.62. The molecule has 1 saturated heterocycles. The second-order valence-electron chi connectivity index (χ2n) is 8.44. The lowest BCUT2D eigenvalue weighted by atomic mass is 9.98. The minimum absolute atomic E-state index is 0.125. The van der Waals surface area contributed by atoms with Crippen LogP contribution in [0.4, 0.5) is 18.9 Å². The van der Waals surface area contributed by atoms with Crippen molar-refractivity contribution in [3.05, 3.63) is 59.2 Å². The molecule has 0 spiro atoms. The summed E-state index contributed by atoms with van der Waals surface area (Å²) in [6, 6.07) is 9.37. The average molecular weight is 484 g/mol. The Morgan fingerprint density at radius 2 is 1.64 bits per heavy atom. The summed E-state index contributed by atoms with van der Waals surface area (Å²) in [7, 11) is -3.91. The highest BCUT2D eigenvalue weighted by Crippen LogP contribution is 2.30. The maximum atomic E-state index is 12.8. The van der Waals surface area contributed by atoms with Crippen LogP contribution < -0.4 is 5.32 Å². The number of piperazine rings is 1. The first-order valence-corrected chi connectivity index (χ1v) is 12.1. The molecule has 0 aromatic heterocycles. The van der Waals surface area contributed by atoms with E-state index in [9.17, 15) is 26.4 Å². The van der Waals surface area contributed by atoms with E-state index >= 15 is 0 Å². The van der Waals surface area contributed by atoms with E-state index in [0.717, 1.165) is 41.1 Å². The molecule has 0 unspecified atom stereocenters. The Kier molecular flexibility index (Phi) is 7.50. The zero-order valence-corrected chi connectivity index (χ0v) is 19.6. The first-order chi connectivity index (χ1) is 15.4. The average Bonchev–Trinajstić information content (AvgIpc) is 2.75. The van der Waals surface area contributed by atoms with Crippen molar-refractivity contribution in [3.63, 3.8) is 0 Å². The molecule has 0 saturated carbocycles. The lowest BCUT2D eigenvalue weighted by molar-refractivity contribution is -0.137. The van der Waals surface area contributed by atoms with E-state index in [1.807, 2.05) is 30.0 Å². The molecule has 6 nitrogen and oxygen atoms in total. The molecule has 1 fully saturated rings. The summed E-state index contributed by atoms with van der Waals surface area (Å²) in [5.41, 5.74) is 1.94. The van der Waals surface area contributed by atoms with Gasteiger partial charge in [0.15, 0.2) is 0 Å². The Balaban J connectivity index is 1.59. The molecule has 1 heterocycles. The van der Waals surface area contributed by atoms with Crippen LogP contribution >= 0.6 is 0 Å². The third kappa shape index (κ3) is 5.93. The van der Waals surface area contributed by atoms with Gasteiger partial charge < -0.3 is 5.32 Å². The molecule has 1 N–H and O–H groups in total. The zero-order chi connectivity index (χ0) is 24.4. The number of hydrogen-bond donors (Lipinski definition) is 1. The fourth-order valence-electron chi connectivity index (χ4n) is 3.82. The van der Waals surface area contributed by atoms with Gasteiger partial charge in [0, 0.05) is 31.9 Å². The molecule has 0 atom stereocenters. The summed E-state index contributed by atoms with van der Waals surface area (Å²) >= 11 is 0. The molecule has 180 valence electrons. The van der Waals surface area contributed by atoms with Gasteiger partial charge in [-0.1, -0.05) is 32.0 Å². The van der Waals surface area contributed by atoms with Gasteiger partial charge in [-0.15, -0.1) is 0 Å². The van der Waals surface area contributed by atoms with Crippen LogP contribution in [0.3, 0.4) is 0 Å². The number of nitrogens with zero attached hydrogens (tertiary/aromatic N) is 2. The second kappa shape index (κ2) is 9.82. The molecular formula is C23H28F3N3O3S. The SMILES string of the molecule is Cc1cccc(C(C)C)c1NC(=O)CN1CCN(S(=O)(=O)c2ccc(C(F)(F)F)cc2)CC1. The van der Waals surface area contributed by atoms with Crippen molar-refractivity contribution in [3.8, 4) is 0 Å². The summed E-state index contributed by atoms with van der Waals surface area (Å²) in [5.74, 6) is 0.0735. The van der Waals surface area contributed by atoms with Crippen LogP contribution in [-0.2, 0) is 21.0 Å². The van der Waals surface area contributed by atoms with Crippen LogP contribution in [0.2, 0.25) is 0 Å². The number of benzene rings is 2. The van der Waals surface area contributed by atoms with Gasteiger partial charge in [-0.05, 0) is 48.2 Å². The summed E-state index contributed by atoms with van der Waals surface area (Å²) in [6.45, 7) is 7.17. The highest BCUT2D eigenvalue weighted by Gasteiger charge is 2.32. The lowest BCUT2D eigenvalue weighted by Crippen LogP contribution is -2.50. The number of aryl methyl sites for hydroxylation is 1. The highest BCUT2D eigenvalue weighted by molar-refractivity contribution is 7.89. The van der Waals surface area contributed by atoms with E-state index in [1.165, 1.54) is 4.31 Å². The van der Waals surface area contributed by atoms with Crippen LogP contribution in [0.25, 0.3) is 0 Å². The quantitative estimate of drug-likeness (QED) is 0.672. The Morgan fingerprint density at radius 3 is 2.18 bits per heavy atom. The van der Waals surface area contributed by atoms with E-state index in [1.54, 1.807) is 0 Å². The van der Waals surface area contributed by atoms with Gasteiger partial charge >= 0.3 is 6.18 Å². The maximum absolute atomic E-state index is 12.8. The Hall–Kier alpha value is -2.43. The van der Waals surface area contributed by atoms with E-state index in [2.05, 4.69) is 19.2 Å². The predicted octanol–water partition coefficient (Wildman–Crippen LogP) is 4.08. The summed E-state index contributed by atoms with van der Waals surface area (Å²) in [4.78, 5) is 14.3. The number of nitrogens with one attached hydrogen (secondary N) is 1. The number of carbonyl (C=O) groups excluding carboxylic acids is 1. The minimum atomic E-state index is -4.53. The topological polar surface area (TPSA) is 69.7 Å². The third-order valence-electron chi connectivity index (χ3n) is 5.71. The van der Waals surface area contributed by atoms with Crippen molar-refractivity contribution in [2.45, 2.75) is 37.8 Å². The van der Waals surface area contributed by atoms with Crippen molar-refractivity contribution >= 4 is 21.6 Å². The van der Waals surface area contributed by atoms with E-state index < -0.39 is 21.8 Å². The number of halogens is 3. The van der Waals surface area contributed by atoms with Gasteiger partial charge in [-0.25, -0.2) is 8.42 Å². The van der Waals surface area contributed by atoms with Crippen molar-refractivity contribution < 1.29 is 26.4 Å². The van der Waals surface area contributed by atoms with Crippen molar-refractivity contribution in [1.82, 2.24) is 9.21 Å². The van der Waals surface area contributed by atoms with Crippen molar-refractivity contribution in [2.24, 2.45) is 0 Å². The predicted molar refractivity (Wildman–Crippen MR) is 121 cm³/mol. The van der Waals surface area contributed by atoms with Gasteiger partial charge in [0.05, 0.1) is 17.0 Å². The number of carbonyl (C=O) groups is 1. The first-order valence-electron chi connectivity index (χ1n) is 10.7. The number of para-hydroxylation sites is 1. The number of hydrogen-bond acceptors (Lipinski definition) is 4. The summed E-state index contributed by atoms with van der Waals surface area (Å²) in [5, 5.41) is 2.99. The standard InChI is InChI=1S/C23H28F3N3O3S/c1-16(2)20-6-4-5-17(3)22(20)27-21(30)15-28-11-13-29(14-12-28)33(31,32)19-9-7-18(8-10-19)23(24,25)26/h4-10,16H,11-15H2,1-3H3,(H,27,30). The largest absolute Gasteiger partial charge is 0.416 e. The molecule has 2 aromatic carbocycles. The zero-order valence-electron chi connectivity index (χ0n) is 18.8. The molecule has 33 heavy (non-hydrogen) atoms. The van der Waals surface area contributed by atoms with Crippen molar-refractivity contribution in [2.75, 3.05) is 38.0 Å². The fraction of sp³-hybridized carbons (Fsp3) is 0.435. The van der Waals surface area contributed by atoms with Gasteiger partial charge in [0.25, 0.3) is 0 Å². The molecule has 0 radical (unpaired) electrons. The number of amides is 1. The molecule has 10 heteroatoms. The van der Waals surface area contributed by atoms with Crippen LogP contribution in [0.1, 0.15) is 36.5 Å². The van der Waals surface area contributed by atoms with Crippen LogP contribution in [0, 0.1) is 6.92 Å². The molecule has 2 aromatic rings. The number of rotatable bonds is 6. The van der Waals surface area contributed by atoms with Gasteiger partial charge in [-0.3, -0.25) is 9.69 Å².